The number of nitrogens with zero attached hydrogens (tertiary/aromatic N) is 1. The highest BCUT2D eigenvalue weighted by Crippen LogP contribution is 2.18. The molecule has 1 rings (SSSR count). The van der Waals surface area contributed by atoms with Crippen molar-refractivity contribution in [2.75, 3.05) is 32.2 Å². The summed E-state index contributed by atoms with van der Waals surface area (Å²) in [7, 11) is 3.50. The average Bonchev–Trinajstić information content (AvgIpc) is 2.26. The zero-order chi connectivity index (χ0) is 11.3. The van der Waals surface area contributed by atoms with Crippen LogP contribution in [-0.4, -0.2) is 37.7 Å². The summed E-state index contributed by atoms with van der Waals surface area (Å²) in [6.45, 7) is 0.338. The largest absolute Gasteiger partial charge is 0.376 e. The fourth-order valence-corrected chi connectivity index (χ4v) is 1.53. The number of thioether (sulfide) groups is 1. The highest BCUT2D eigenvalue weighted by atomic mass is 32.2. The molecule has 0 unspecified atom stereocenters. The third-order valence-corrected chi connectivity index (χ3v) is 2.74. The second-order valence-corrected chi connectivity index (χ2v) is 4.25. The quantitative estimate of drug-likeness (QED) is 0.793. The molecule has 1 aromatic rings. The van der Waals surface area contributed by atoms with Crippen LogP contribution in [0.3, 0.4) is 0 Å². The van der Waals surface area contributed by atoms with Crippen LogP contribution in [0, 0.1) is 0 Å². The molecular formula is C11H16N2OS. The van der Waals surface area contributed by atoms with E-state index in [-0.39, 0.29) is 5.91 Å². The van der Waals surface area contributed by atoms with Gasteiger partial charge < -0.3 is 10.2 Å². The zero-order valence-electron chi connectivity index (χ0n) is 9.28. The molecule has 0 aliphatic carbocycles. The molecule has 0 radical (unpaired) electrons. The van der Waals surface area contributed by atoms with Gasteiger partial charge in [0, 0.05) is 24.7 Å². The Morgan fingerprint density at radius 2 is 2.20 bits per heavy atom. The van der Waals surface area contributed by atoms with Gasteiger partial charge in [-0.1, -0.05) is 6.07 Å². The number of hydrogen-bond donors (Lipinski definition) is 1. The van der Waals surface area contributed by atoms with Gasteiger partial charge in [0.1, 0.15) is 0 Å². The molecule has 15 heavy (non-hydrogen) atoms. The summed E-state index contributed by atoms with van der Waals surface area (Å²) in [5.74, 6) is 0.0737. The molecule has 0 heterocycles. The van der Waals surface area contributed by atoms with E-state index in [1.165, 1.54) is 4.90 Å². The van der Waals surface area contributed by atoms with Gasteiger partial charge in [-0.05, 0) is 24.5 Å². The van der Waals surface area contributed by atoms with Gasteiger partial charge in [-0.25, -0.2) is 0 Å². The van der Waals surface area contributed by atoms with E-state index in [2.05, 4.69) is 5.32 Å². The molecule has 0 aliphatic heterocycles. The second-order valence-electron chi connectivity index (χ2n) is 3.37. The topological polar surface area (TPSA) is 32.3 Å². The van der Waals surface area contributed by atoms with Gasteiger partial charge in [0.25, 0.3) is 0 Å². The first-order chi connectivity index (χ1) is 7.13. The van der Waals surface area contributed by atoms with E-state index >= 15 is 0 Å². The van der Waals surface area contributed by atoms with Gasteiger partial charge in [-0.2, -0.15) is 0 Å². The van der Waals surface area contributed by atoms with Crippen LogP contribution < -0.4 is 5.32 Å². The summed E-state index contributed by atoms with van der Waals surface area (Å²) < 4.78 is 0. The molecule has 0 saturated carbocycles. The highest BCUT2D eigenvalue weighted by molar-refractivity contribution is 7.98. The van der Waals surface area contributed by atoms with Crippen molar-refractivity contribution in [1.29, 1.82) is 0 Å². The summed E-state index contributed by atoms with van der Waals surface area (Å²) in [6.07, 6.45) is 2.03. The number of nitrogens with one attached hydrogen (secondary N) is 1. The predicted octanol–water partition coefficient (Wildman–Crippen LogP) is 1.91. The van der Waals surface area contributed by atoms with Crippen molar-refractivity contribution in [2.24, 2.45) is 0 Å². The normalized spacial score (nSPS) is 9.80. The monoisotopic (exact) mass is 224 g/mol. The van der Waals surface area contributed by atoms with Crippen LogP contribution in [0.4, 0.5) is 5.69 Å². The number of anilines is 1. The Kier molecular flexibility index (Phi) is 4.49. The lowest BCUT2D eigenvalue weighted by Crippen LogP contribution is -2.28. The highest BCUT2D eigenvalue weighted by Gasteiger charge is 2.02. The molecule has 0 atom stereocenters. The zero-order valence-corrected chi connectivity index (χ0v) is 10.1. The molecule has 0 fully saturated rings. The SMILES string of the molecule is CSc1cccc(NCC(=O)N(C)C)c1. The van der Waals surface area contributed by atoms with Crippen molar-refractivity contribution >= 4 is 23.4 Å². The molecule has 1 amide bonds. The van der Waals surface area contributed by atoms with Crippen molar-refractivity contribution in [1.82, 2.24) is 4.90 Å². The van der Waals surface area contributed by atoms with Crippen LogP contribution in [-0.2, 0) is 4.79 Å². The lowest BCUT2D eigenvalue weighted by Gasteiger charge is -2.12. The second kappa shape index (κ2) is 5.66. The van der Waals surface area contributed by atoms with Crippen molar-refractivity contribution in [3.8, 4) is 0 Å². The number of amides is 1. The van der Waals surface area contributed by atoms with Crippen LogP contribution in [0.25, 0.3) is 0 Å². The van der Waals surface area contributed by atoms with Crippen LogP contribution in [0.5, 0.6) is 0 Å². The molecule has 0 spiro atoms. The summed E-state index contributed by atoms with van der Waals surface area (Å²) in [6, 6.07) is 8.02. The predicted molar refractivity (Wildman–Crippen MR) is 65.4 cm³/mol. The third kappa shape index (κ3) is 3.83. The van der Waals surface area contributed by atoms with E-state index in [4.69, 9.17) is 0 Å². The van der Waals surface area contributed by atoms with Crippen molar-refractivity contribution < 1.29 is 4.79 Å². The number of carbonyl (C=O) groups excluding carboxylic acids is 1. The van der Waals surface area contributed by atoms with Gasteiger partial charge in [0.15, 0.2) is 0 Å². The number of likely N-dealkylation sites (N-methyl/N-ethyl adjacent to an activating group) is 1. The van der Waals surface area contributed by atoms with E-state index in [0.717, 1.165) is 5.69 Å². The van der Waals surface area contributed by atoms with Crippen molar-refractivity contribution in [3.63, 3.8) is 0 Å². The Labute approximate surface area is 94.9 Å². The van der Waals surface area contributed by atoms with Crippen LogP contribution in [0.15, 0.2) is 29.2 Å². The smallest absolute Gasteiger partial charge is 0.241 e. The van der Waals surface area contributed by atoms with E-state index in [1.54, 1.807) is 30.8 Å². The molecule has 0 bridgehead atoms. The maximum atomic E-state index is 11.3. The maximum absolute atomic E-state index is 11.3. The van der Waals surface area contributed by atoms with Gasteiger partial charge >= 0.3 is 0 Å². The molecule has 3 nitrogen and oxygen atoms in total. The Morgan fingerprint density at radius 3 is 2.80 bits per heavy atom. The van der Waals surface area contributed by atoms with Crippen molar-refractivity contribution in [2.45, 2.75) is 4.90 Å². The lowest BCUT2D eigenvalue weighted by molar-refractivity contribution is -0.126. The minimum absolute atomic E-state index is 0.0737. The fourth-order valence-electron chi connectivity index (χ4n) is 1.07. The number of benzene rings is 1. The van der Waals surface area contributed by atoms with Crippen LogP contribution in [0.2, 0.25) is 0 Å². The summed E-state index contributed by atoms with van der Waals surface area (Å²) >= 11 is 1.69. The minimum atomic E-state index is 0.0737. The summed E-state index contributed by atoms with van der Waals surface area (Å²) in [5, 5.41) is 3.10. The number of carbonyl (C=O) groups is 1. The summed E-state index contributed by atoms with van der Waals surface area (Å²) in [4.78, 5) is 14.1. The first kappa shape index (κ1) is 11.9. The molecule has 0 saturated heterocycles. The lowest BCUT2D eigenvalue weighted by atomic mass is 10.3. The van der Waals surface area contributed by atoms with Gasteiger partial charge in [0.05, 0.1) is 6.54 Å². The third-order valence-electron chi connectivity index (χ3n) is 2.01. The Bertz CT molecular complexity index is 339. The minimum Gasteiger partial charge on any atom is -0.376 e. The Balaban J connectivity index is 2.54. The van der Waals surface area contributed by atoms with Crippen LogP contribution in [0.1, 0.15) is 0 Å². The van der Waals surface area contributed by atoms with E-state index < -0.39 is 0 Å². The standard InChI is InChI=1S/C11H16N2OS/c1-13(2)11(14)8-12-9-5-4-6-10(7-9)15-3/h4-7,12H,8H2,1-3H3. The van der Waals surface area contributed by atoms with Crippen LogP contribution >= 0.6 is 11.8 Å². The van der Waals surface area contributed by atoms with Gasteiger partial charge in [0.2, 0.25) is 5.91 Å². The maximum Gasteiger partial charge on any atom is 0.241 e. The fraction of sp³-hybridized carbons (Fsp3) is 0.364. The van der Waals surface area contributed by atoms with Crippen molar-refractivity contribution in [3.05, 3.63) is 24.3 Å². The van der Waals surface area contributed by atoms with E-state index in [1.807, 2.05) is 30.5 Å². The Morgan fingerprint density at radius 1 is 1.47 bits per heavy atom. The molecule has 4 heteroatoms. The summed E-state index contributed by atoms with van der Waals surface area (Å²) in [5.41, 5.74) is 0.983. The van der Waals surface area contributed by atoms with Gasteiger partial charge in [-0.15, -0.1) is 11.8 Å². The number of rotatable bonds is 4. The Hall–Kier alpha value is -1.16. The molecule has 1 N–H and O–H groups in total. The van der Waals surface area contributed by atoms with E-state index in [0.29, 0.717) is 6.54 Å². The average molecular weight is 224 g/mol. The molecule has 0 aromatic heterocycles. The molecule has 0 aliphatic rings. The first-order valence-corrected chi connectivity index (χ1v) is 5.94. The number of hydrogen-bond acceptors (Lipinski definition) is 3. The van der Waals surface area contributed by atoms with E-state index in [9.17, 15) is 4.79 Å². The first-order valence-electron chi connectivity index (χ1n) is 4.71. The van der Waals surface area contributed by atoms with Gasteiger partial charge in [-0.3, -0.25) is 4.79 Å². The molecule has 82 valence electrons. The molecular weight excluding hydrogens is 208 g/mol. The molecule has 1 aromatic carbocycles.